The minimum atomic E-state index is -4.47. The molecule has 0 bridgehead atoms. The fourth-order valence-electron chi connectivity index (χ4n) is 4.95. The first-order valence-corrected chi connectivity index (χ1v) is 18.2. The molecule has 0 atom stereocenters. The van der Waals surface area contributed by atoms with E-state index >= 15 is 0 Å². The first-order chi connectivity index (χ1) is 27.2. The Morgan fingerprint density at radius 2 is 1.84 bits per heavy atom. The maximum absolute atomic E-state index is 12.4. The monoisotopic (exact) mass is 819 g/mol. The fraction of sp³-hybridized carbons (Fsp3) is 0.410. The number of likely N-dealkylation sites (N-methyl/N-ethyl adjacent to an activating group) is 1. The van der Waals surface area contributed by atoms with E-state index in [2.05, 4.69) is 73.0 Å². The molecule has 0 fully saturated rings. The largest absolute Gasteiger partial charge is 0.504 e. The number of benzene rings is 2. The lowest BCUT2D eigenvalue weighted by atomic mass is 9.97. The number of anilines is 1. The quantitative estimate of drug-likeness (QED) is 0.0392. The highest BCUT2D eigenvalue weighted by molar-refractivity contribution is 6.33. The highest BCUT2D eigenvalue weighted by atomic mass is 35.5. The molecule has 0 saturated heterocycles. The van der Waals surface area contributed by atoms with Crippen molar-refractivity contribution in [2.75, 3.05) is 52.7 Å². The smallest absolute Gasteiger partial charge is 0.416 e. The number of aromatic hydroxyl groups is 1. The number of rotatable bonds is 16. The van der Waals surface area contributed by atoms with Crippen molar-refractivity contribution in [1.29, 1.82) is 0 Å². The maximum atomic E-state index is 12.4. The van der Waals surface area contributed by atoms with Crippen molar-refractivity contribution in [1.82, 2.24) is 30.9 Å². The molecule has 0 spiro atoms. The number of aliphatic imine (C=N–C) groups is 1. The Kier molecular flexibility index (Phi) is 23.7. The number of aryl methyl sites for hydroxylation is 1. The van der Waals surface area contributed by atoms with Gasteiger partial charge in [0.1, 0.15) is 18.6 Å². The Labute approximate surface area is 337 Å². The zero-order valence-electron chi connectivity index (χ0n) is 33.0. The van der Waals surface area contributed by atoms with E-state index in [9.17, 15) is 27.6 Å². The van der Waals surface area contributed by atoms with Crippen molar-refractivity contribution in [2.45, 2.75) is 58.9 Å². The fourth-order valence-corrected chi connectivity index (χ4v) is 5.18. The van der Waals surface area contributed by atoms with Crippen molar-refractivity contribution in [3.05, 3.63) is 92.8 Å². The third-order valence-corrected chi connectivity index (χ3v) is 8.32. The molecular formula is C39H53ClF3N9O5. The number of unbranched alkanes of at least 4 members (excludes halogenated alkanes) is 1. The van der Waals surface area contributed by atoms with Gasteiger partial charge in [0.25, 0.3) is 0 Å². The number of nitrogens with one attached hydrogen (secondary N) is 4. The van der Waals surface area contributed by atoms with E-state index in [-0.39, 0.29) is 28.7 Å². The van der Waals surface area contributed by atoms with Crippen LogP contribution in [0.15, 0.2) is 64.2 Å². The lowest BCUT2D eigenvalue weighted by Crippen LogP contribution is -2.26. The Balaban J connectivity index is 0.000000389. The van der Waals surface area contributed by atoms with Crippen LogP contribution in [0.2, 0.25) is 5.02 Å². The molecule has 4 rings (SSSR count). The minimum Gasteiger partial charge on any atom is -0.504 e. The summed E-state index contributed by atoms with van der Waals surface area (Å²) in [6, 6.07) is 9.02. The first kappa shape index (κ1) is 49.6. The number of alkyl halides is 3. The summed E-state index contributed by atoms with van der Waals surface area (Å²) in [5.41, 5.74) is 5.37. The molecule has 2 aromatic carbocycles. The van der Waals surface area contributed by atoms with Gasteiger partial charge < -0.3 is 31.1 Å². The van der Waals surface area contributed by atoms with Crippen LogP contribution in [0.25, 0.3) is 0 Å². The first-order valence-electron chi connectivity index (χ1n) is 17.8. The van der Waals surface area contributed by atoms with Gasteiger partial charge in [-0.05, 0) is 87.8 Å². The summed E-state index contributed by atoms with van der Waals surface area (Å²) in [4.78, 5) is 43.6. The number of hydrazone groups is 1. The van der Waals surface area contributed by atoms with Crippen molar-refractivity contribution < 1.29 is 37.4 Å². The summed E-state index contributed by atoms with van der Waals surface area (Å²) < 4.78 is 42.6. The van der Waals surface area contributed by atoms with Gasteiger partial charge in [-0.15, -0.1) is 0 Å². The van der Waals surface area contributed by atoms with Gasteiger partial charge >= 0.3 is 6.18 Å². The maximum Gasteiger partial charge on any atom is 0.416 e. The van der Waals surface area contributed by atoms with Crippen LogP contribution in [-0.2, 0) is 40.1 Å². The van der Waals surface area contributed by atoms with Crippen LogP contribution in [0, 0.1) is 6.92 Å². The predicted molar refractivity (Wildman–Crippen MR) is 218 cm³/mol. The molecule has 0 saturated carbocycles. The van der Waals surface area contributed by atoms with Crippen LogP contribution in [0.1, 0.15) is 64.6 Å². The second-order valence-electron chi connectivity index (χ2n) is 12.1. The van der Waals surface area contributed by atoms with Crippen LogP contribution in [0.3, 0.4) is 0 Å². The number of nitrogens with zero attached hydrogens (tertiary/aromatic N) is 5. The normalized spacial score (nSPS) is 11.9. The van der Waals surface area contributed by atoms with Crippen LogP contribution < -0.4 is 21.3 Å². The average Bonchev–Trinajstić information content (AvgIpc) is 3.20. The molecule has 57 heavy (non-hydrogen) atoms. The van der Waals surface area contributed by atoms with Gasteiger partial charge in [0.05, 0.1) is 47.4 Å². The van der Waals surface area contributed by atoms with E-state index in [0.29, 0.717) is 17.7 Å². The molecule has 1 aromatic heterocycles. The molecule has 1 aliphatic rings. The minimum absolute atomic E-state index is 0.0347. The number of halogens is 4. The molecule has 14 nitrogen and oxygen atoms in total. The molecule has 1 aliphatic heterocycles. The van der Waals surface area contributed by atoms with Gasteiger partial charge in [0.15, 0.2) is 18.3 Å². The molecule has 312 valence electrons. The van der Waals surface area contributed by atoms with Crippen LogP contribution in [0.5, 0.6) is 5.75 Å². The van der Waals surface area contributed by atoms with Gasteiger partial charge in [-0.3, -0.25) is 24.4 Å². The van der Waals surface area contributed by atoms with Gasteiger partial charge in [0.2, 0.25) is 5.91 Å². The van der Waals surface area contributed by atoms with Crippen molar-refractivity contribution in [3.63, 3.8) is 0 Å². The van der Waals surface area contributed by atoms with E-state index in [4.69, 9.17) is 21.4 Å². The molecule has 0 radical (unpaired) electrons. The van der Waals surface area contributed by atoms with E-state index in [1.165, 1.54) is 35.1 Å². The molecule has 0 aliphatic carbocycles. The molecule has 0 unspecified atom stereocenters. The summed E-state index contributed by atoms with van der Waals surface area (Å²) in [5, 5.41) is 25.3. The highest BCUT2D eigenvalue weighted by Gasteiger charge is 2.31. The van der Waals surface area contributed by atoms with Crippen LogP contribution in [-0.4, -0.2) is 99.4 Å². The third-order valence-electron chi connectivity index (χ3n) is 8.00. The Morgan fingerprint density at radius 1 is 1.12 bits per heavy atom. The number of fused-ring (bicyclic) bond motifs is 1. The topological polar surface area (TPSA) is 183 Å². The van der Waals surface area contributed by atoms with E-state index in [0.717, 1.165) is 88.7 Å². The molecular weight excluding hydrogens is 767 g/mol. The number of carbonyl (C=O) groups excluding carboxylic acids is 3. The standard InChI is InChI=1S/C11H11ClF3N3O.C11H23N3O.C11H13NO.C6H6N2O2/c1-16-18(2)6-10(19)17-9-4-3-7(5-8(9)12)11(13,14)15;1-4-10(13-3)11(9-15)14-8-6-5-7-12-2;1-12-7-9-3-2-4-10-8-13-6-5-11(9)10;1-4-6(10)5(2-9)8-3-7-4/h3-5H,1,6H2,2H3,(H,17,19);9,12-14H,4-8H2,1-3H3;2-4H,1,5-8H2;2-3,10H,1H3/b;11-10+;;. The SMILES string of the molecule is C=NCc1cccc2c1CCOC2.C=NN(C)CC(=O)Nc1ccc(C(F)(F)F)cc1Cl.CC/C(NC)=C(/C=O)NCCCCNC.Cc1ncnc(C=O)c1O. The number of allylic oxidation sites excluding steroid dienone is 2. The lowest BCUT2D eigenvalue weighted by molar-refractivity contribution is -0.137. The van der Waals surface area contributed by atoms with Gasteiger partial charge in [-0.1, -0.05) is 36.7 Å². The summed E-state index contributed by atoms with van der Waals surface area (Å²) in [6.45, 7) is 14.5. The summed E-state index contributed by atoms with van der Waals surface area (Å²) >= 11 is 5.69. The molecule has 3 aromatic rings. The van der Waals surface area contributed by atoms with E-state index < -0.39 is 17.6 Å². The number of carbonyl (C=O) groups is 3. The van der Waals surface area contributed by atoms with Crippen molar-refractivity contribution in [2.24, 2.45) is 10.1 Å². The molecule has 18 heteroatoms. The molecule has 2 heterocycles. The van der Waals surface area contributed by atoms with Crippen LogP contribution >= 0.6 is 11.6 Å². The van der Waals surface area contributed by atoms with Crippen molar-refractivity contribution in [3.8, 4) is 5.75 Å². The second kappa shape index (κ2) is 27.2. The molecule has 5 N–H and O–H groups in total. The third kappa shape index (κ3) is 18.4. The van der Waals surface area contributed by atoms with E-state index in [1.54, 1.807) is 6.92 Å². The van der Waals surface area contributed by atoms with E-state index in [1.807, 2.05) is 21.0 Å². The predicted octanol–water partition coefficient (Wildman–Crippen LogP) is 5.72. The Morgan fingerprint density at radius 3 is 2.40 bits per heavy atom. The summed E-state index contributed by atoms with van der Waals surface area (Å²) in [5.74, 6) is -0.603. The number of aldehydes is 2. The van der Waals surface area contributed by atoms with Gasteiger partial charge in [-0.2, -0.15) is 18.3 Å². The Hall–Kier alpha value is -5.39. The molecule has 1 amide bonds. The Bertz CT molecular complexity index is 1770. The summed E-state index contributed by atoms with van der Waals surface area (Å²) in [6.07, 6.45) is 2.18. The number of hydrogen-bond donors (Lipinski definition) is 5. The number of hydrogen-bond acceptors (Lipinski definition) is 13. The number of amides is 1. The van der Waals surface area contributed by atoms with Crippen LogP contribution in [0.4, 0.5) is 18.9 Å². The number of ether oxygens (including phenoxy) is 1. The van der Waals surface area contributed by atoms with Gasteiger partial charge in [0, 0.05) is 33.1 Å². The number of aromatic nitrogens is 2. The van der Waals surface area contributed by atoms with Gasteiger partial charge in [-0.25, -0.2) is 9.97 Å². The lowest BCUT2D eigenvalue weighted by Gasteiger charge is -2.18. The summed E-state index contributed by atoms with van der Waals surface area (Å²) in [7, 11) is 5.31. The zero-order chi connectivity index (χ0) is 42.8. The highest BCUT2D eigenvalue weighted by Crippen LogP contribution is 2.33. The van der Waals surface area contributed by atoms with Crippen molar-refractivity contribution >= 4 is 49.2 Å². The average molecular weight is 820 g/mol. The second-order valence-corrected chi connectivity index (χ2v) is 12.5. The zero-order valence-corrected chi connectivity index (χ0v) is 33.8.